The third-order valence-corrected chi connectivity index (χ3v) is 6.23. The van der Waals surface area contributed by atoms with Crippen LogP contribution in [0, 0.1) is 0 Å². The van der Waals surface area contributed by atoms with E-state index in [0.717, 1.165) is 42.2 Å². The van der Waals surface area contributed by atoms with Crippen molar-refractivity contribution in [3.63, 3.8) is 0 Å². The first-order chi connectivity index (χ1) is 12.2. The number of fused-ring (bicyclic) bond motifs is 1. The molecule has 1 aromatic heterocycles. The van der Waals surface area contributed by atoms with Gasteiger partial charge in [-0.2, -0.15) is 0 Å². The van der Waals surface area contributed by atoms with Gasteiger partial charge in [0.1, 0.15) is 0 Å². The van der Waals surface area contributed by atoms with Gasteiger partial charge in [-0.25, -0.2) is 4.98 Å². The van der Waals surface area contributed by atoms with Crippen LogP contribution in [0.3, 0.4) is 0 Å². The minimum atomic E-state index is -0.0667. The second-order valence-corrected chi connectivity index (χ2v) is 7.99. The van der Waals surface area contributed by atoms with Crippen LogP contribution in [-0.2, 0) is 27.2 Å². The summed E-state index contributed by atoms with van der Waals surface area (Å²) >= 11 is 2.86. The van der Waals surface area contributed by atoms with Gasteiger partial charge in [0.15, 0.2) is 5.16 Å². The summed E-state index contributed by atoms with van der Waals surface area (Å²) in [7, 11) is 1.60. The van der Waals surface area contributed by atoms with Crippen LogP contribution in [0.4, 0.5) is 0 Å². The maximum atomic E-state index is 12.6. The van der Waals surface area contributed by atoms with Gasteiger partial charge in [-0.1, -0.05) is 11.8 Å². The topological polar surface area (TPSA) is 82.4 Å². The molecule has 0 saturated carbocycles. The molecule has 3 heterocycles. The molecule has 0 aliphatic carbocycles. The minimum absolute atomic E-state index is 0.0215. The van der Waals surface area contributed by atoms with E-state index < -0.39 is 0 Å². The van der Waals surface area contributed by atoms with E-state index in [4.69, 9.17) is 9.47 Å². The monoisotopic (exact) mass is 385 g/mol. The van der Waals surface area contributed by atoms with Crippen LogP contribution in [0.1, 0.15) is 18.5 Å². The molecule has 1 aromatic rings. The van der Waals surface area contributed by atoms with Gasteiger partial charge in [-0.3, -0.25) is 14.2 Å². The van der Waals surface area contributed by atoms with Crippen molar-refractivity contribution in [1.82, 2.24) is 14.9 Å². The first-order valence-corrected chi connectivity index (χ1v) is 10.4. The standard InChI is InChI=1S/C16H23N3O4S2/c1-22-7-5-19-15(21)14-12(4-8-24-14)18-16(19)25-10-13(20)17-9-11-3-2-6-23-11/h11H,2-10H2,1H3,(H,17,20)/t11-/m0/s1. The number of hydrogen-bond acceptors (Lipinski definition) is 7. The Bertz CT molecular complexity index is 674. The fraction of sp³-hybridized carbons (Fsp3) is 0.688. The normalized spacial score (nSPS) is 19.2. The molecule has 2 aliphatic heterocycles. The van der Waals surface area contributed by atoms with Crippen molar-refractivity contribution >= 4 is 29.4 Å². The van der Waals surface area contributed by atoms with Crippen molar-refractivity contribution in [2.24, 2.45) is 0 Å². The van der Waals surface area contributed by atoms with Crippen molar-refractivity contribution in [3.05, 3.63) is 16.0 Å². The predicted octanol–water partition coefficient (Wildman–Crippen LogP) is 0.925. The van der Waals surface area contributed by atoms with E-state index in [2.05, 4.69) is 10.3 Å². The average Bonchev–Trinajstić information content (AvgIpc) is 3.29. The Morgan fingerprint density at radius 1 is 1.56 bits per heavy atom. The molecule has 25 heavy (non-hydrogen) atoms. The summed E-state index contributed by atoms with van der Waals surface area (Å²) < 4.78 is 12.2. The van der Waals surface area contributed by atoms with Gasteiger partial charge in [0.25, 0.3) is 5.56 Å². The Hall–Kier alpha value is -1.03. The van der Waals surface area contributed by atoms with Gasteiger partial charge >= 0.3 is 0 Å². The Kier molecular flexibility index (Phi) is 6.80. The lowest BCUT2D eigenvalue weighted by molar-refractivity contribution is -0.119. The van der Waals surface area contributed by atoms with Crippen LogP contribution >= 0.6 is 23.5 Å². The van der Waals surface area contributed by atoms with Crippen molar-refractivity contribution in [2.45, 2.75) is 42.0 Å². The number of carbonyl (C=O) groups excluding carboxylic acids is 1. The number of amides is 1. The fourth-order valence-corrected chi connectivity index (χ4v) is 4.74. The molecule has 1 atom stereocenters. The molecule has 1 saturated heterocycles. The summed E-state index contributed by atoms with van der Waals surface area (Å²) in [4.78, 5) is 30.1. The lowest BCUT2D eigenvalue weighted by Crippen LogP contribution is -2.33. The first kappa shape index (κ1) is 18.8. The fourth-order valence-electron chi connectivity index (χ4n) is 2.83. The van der Waals surface area contributed by atoms with Gasteiger partial charge in [0.05, 0.1) is 35.6 Å². The van der Waals surface area contributed by atoms with Crippen molar-refractivity contribution in [2.75, 3.05) is 38.4 Å². The number of carbonyl (C=O) groups is 1. The molecular weight excluding hydrogens is 362 g/mol. The molecule has 0 bridgehead atoms. The van der Waals surface area contributed by atoms with Crippen LogP contribution in [0.5, 0.6) is 0 Å². The lowest BCUT2D eigenvalue weighted by Gasteiger charge is -2.14. The molecule has 3 rings (SSSR count). The molecule has 0 unspecified atom stereocenters. The predicted molar refractivity (Wildman–Crippen MR) is 97.5 cm³/mol. The maximum absolute atomic E-state index is 12.6. The van der Waals surface area contributed by atoms with E-state index in [-0.39, 0.29) is 23.3 Å². The van der Waals surface area contributed by atoms with Crippen molar-refractivity contribution in [3.8, 4) is 0 Å². The second-order valence-electron chi connectivity index (χ2n) is 5.95. The summed E-state index contributed by atoms with van der Waals surface area (Å²) in [6.45, 7) is 2.20. The van der Waals surface area contributed by atoms with Crippen LogP contribution in [-0.4, -0.2) is 59.9 Å². The van der Waals surface area contributed by atoms with Gasteiger partial charge in [0.2, 0.25) is 5.91 Å². The number of thioether (sulfide) groups is 2. The molecule has 138 valence electrons. The first-order valence-electron chi connectivity index (χ1n) is 8.45. The number of nitrogens with one attached hydrogen (secondary N) is 1. The molecule has 9 heteroatoms. The minimum Gasteiger partial charge on any atom is -0.383 e. The van der Waals surface area contributed by atoms with E-state index in [1.165, 1.54) is 11.8 Å². The zero-order valence-corrected chi connectivity index (χ0v) is 15.9. The number of aromatic nitrogens is 2. The summed E-state index contributed by atoms with van der Waals surface area (Å²) in [5.41, 5.74) is 0.831. The smallest absolute Gasteiger partial charge is 0.268 e. The van der Waals surface area contributed by atoms with Crippen LogP contribution < -0.4 is 10.9 Å². The third kappa shape index (κ3) is 4.78. The van der Waals surface area contributed by atoms with E-state index in [9.17, 15) is 9.59 Å². The highest BCUT2D eigenvalue weighted by Gasteiger charge is 2.22. The van der Waals surface area contributed by atoms with Crippen LogP contribution in [0.15, 0.2) is 14.8 Å². The van der Waals surface area contributed by atoms with Gasteiger partial charge < -0.3 is 14.8 Å². The highest BCUT2D eigenvalue weighted by molar-refractivity contribution is 8.00. The number of rotatable bonds is 8. The molecule has 7 nitrogen and oxygen atoms in total. The molecule has 0 radical (unpaired) electrons. The Labute approximate surface area is 155 Å². The Morgan fingerprint density at radius 3 is 3.20 bits per heavy atom. The molecule has 2 aliphatic rings. The van der Waals surface area contributed by atoms with E-state index in [1.807, 2.05) is 0 Å². The molecule has 0 aromatic carbocycles. The van der Waals surface area contributed by atoms with E-state index in [0.29, 0.717) is 24.9 Å². The van der Waals surface area contributed by atoms with E-state index in [1.54, 1.807) is 23.4 Å². The number of nitrogens with zero attached hydrogens (tertiary/aromatic N) is 2. The Balaban J connectivity index is 1.63. The number of aryl methyl sites for hydroxylation is 1. The largest absolute Gasteiger partial charge is 0.383 e. The Morgan fingerprint density at radius 2 is 2.44 bits per heavy atom. The number of hydrogen-bond donors (Lipinski definition) is 1. The average molecular weight is 386 g/mol. The SMILES string of the molecule is COCCn1c(SCC(=O)NC[C@@H]2CCCO2)nc2c(c1=O)SCC2. The summed E-state index contributed by atoms with van der Waals surface area (Å²) in [6.07, 6.45) is 2.98. The molecule has 0 spiro atoms. The third-order valence-electron chi connectivity index (χ3n) is 4.15. The van der Waals surface area contributed by atoms with E-state index >= 15 is 0 Å². The summed E-state index contributed by atoms with van der Waals surface area (Å²) in [5, 5.41) is 3.49. The van der Waals surface area contributed by atoms with Crippen molar-refractivity contribution < 1.29 is 14.3 Å². The van der Waals surface area contributed by atoms with Gasteiger partial charge in [0, 0.05) is 32.4 Å². The van der Waals surface area contributed by atoms with Crippen molar-refractivity contribution in [1.29, 1.82) is 0 Å². The lowest BCUT2D eigenvalue weighted by atomic mass is 10.2. The van der Waals surface area contributed by atoms with Gasteiger partial charge in [-0.15, -0.1) is 11.8 Å². The summed E-state index contributed by atoms with van der Waals surface area (Å²) in [6, 6.07) is 0. The molecule has 1 amide bonds. The number of ether oxygens (including phenoxy) is 2. The van der Waals surface area contributed by atoms with Crippen LogP contribution in [0.25, 0.3) is 0 Å². The highest BCUT2D eigenvalue weighted by Crippen LogP contribution is 2.28. The molecule has 1 N–H and O–H groups in total. The van der Waals surface area contributed by atoms with Gasteiger partial charge in [-0.05, 0) is 12.8 Å². The quantitative estimate of drug-likeness (QED) is 0.526. The van der Waals surface area contributed by atoms with Crippen LogP contribution in [0.2, 0.25) is 0 Å². The molecule has 1 fully saturated rings. The zero-order chi connectivity index (χ0) is 17.6. The second kappa shape index (κ2) is 9.07. The zero-order valence-electron chi connectivity index (χ0n) is 14.3. The number of methoxy groups -OCH3 is 1. The maximum Gasteiger partial charge on any atom is 0.268 e. The highest BCUT2D eigenvalue weighted by atomic mass is 32.2. The summed E-state index contributed by atoms with van der Waals surface area (Å²) in [5.74, 6) is 1.05. The molecular formula is C16H23N3O4S2.